The van der Waals surface area contributed by atoms with Gasteiger partial charge in [0.05, 0.1) is 12.1 Å². The number of hydrogen-bond acceptors (Lipinski definition) is 3. The molecule has 0 aliphatic heterocycles. The fraction of sp³-hybridized carbons (Fsp3) is 0.150. The van der Waals surface area contributed by atoms with Crippen LogP contribution in [0.4, 0.5) is 0 Å². The van der Waals surface area contributed by atoms with Crippen molar-refractivity contribution in [2.45, 2.75) is 18.5 Å². The molecule has 0 aliphatic rings. The first-order valence-electron chi connectivity index (χ1n) is 7.65. The van der Waals surface area contributed by atoms with Crippen molar-refractivity contribution in [3.8, 4) is 6.07 Å². The molecule has 1 N–H and O–H groups in total. The number of nitrogens with one attached hydrogen (secondary N) is 1. The van der Waals surface area contributed by atoms with Gasteiger partial charge in [-0.15, -0.1) is 11.3 Å². The predicted molar refractivity (Wildman–Crippen MR) is 95.3 cm³/mol. The fourth-order valence-electron chi connectivity index (χ4n) is 2.65. The molecule has 3 rings (SSSR count). The van der Waals surface area contributed by atoms with Crippen LogP contribution >= 0.6 is 11.3 Å². The molecule has 0 amide bonds. The molecule has 1 aromatic heterocycles. The van der Waals surface area contributed by atoms with Gasteiger partial charge in [0.15, 0.2) is 0 Å². The molecule has 0 fully saturated rings. The summed E-state index contributed by atoms with van der Waals surface area (Å²) in [5.41, 5.74) is 2.34. The molecular weight excluding hydrogens is 300 g/mol. The Hall–Kier alpha value is -2.41. The van der Waals surface area contributed by atoms with E-state index in [-0.39, 0.29) is 12.1 Å². The van der Waals surface area contributed by atoms with E-state index in [2.05, 4.69) is 47.1 Å². The summed E-state index contributed by atoms with van der Waals surface area (Å²) in [6, 6.07) is 26.9. The van der Waals surface area contributed by atoms with Crippen LogP contribution in [0.2, 0.25) is 0 Å². The van der Waals surface area contributed by atoms with E-state index >= 15 is 0 Å². The Kier molecular flexibility index (Phi) is 5.21. The average Bonchev–Trinajstić information content (AvgIpc) is 3.13. The van der Waals surface area contributed by atoms with Crippen molar-refractivity contribution in [1.82, 2.24) is 5.32 Å². The highest BCUT2D eigenvalue weighted by atomic mass is 32.1. The Balaban J connectivity index is 1.85. The van der Waals surface area contributed by atoms with E-state index in [0.717, 1.165) is 6.42 Å². The number of thiophene rings is 1. The second kappa shape index (κ2) is 7.73. The molecule has 0 saturated heterocycles. The zero-order valence-electron chi connectivity index (χ0n) is 12.7. The fourth-order valence-corrected chi connectivity index (χ4v) is 3.40. The molecule has 2 aromatic carbocycles. The summed E-state index contributed by atoms with van der Waals surface area (Å²) in [5.74, 6) is 0. The summed E-state index contributed by atoms with van der Waals surface area (Å²) in [4.78, 5) is 1.23. The molecule has 0 radical (unpaired) electrons. The van der Waals surface area contributed by atoms with E-state index in [1.807, 2.05) is 42.5 Å². The van der Waals surface area contributed by atoms with E-state index in [9.17, 15) is 5.26 Å². The van der Waals surface area contributed by atoms with Crippen molar-refractivity contribution >= 4 is 11.3 Å². The molecule has 1 heterocycles. The highest BCUT2D eigenvalue weighted by Gasteiger charge is 2.19. The standard InChI is InChI=1S/C20H18N2S/c21-15-18(14-19-12-7-13-23-19)22-20(16-8-3-1-4-9-16)17-10-5-2-6-11-17/h1-13,18,20,22H,14H2/t18-/m1/s1. The maximum absolute atomic E-state index is 9.56. The molecule has 0 spiro atoms. The smallest absolute Gasteiger partial charge is 0.101 e. The van der Waals surface area contributed by atoms with Crippen LogP contribution in [-0.2, 0) is 6.42 Å². The third kappa shape index (κ3) is 4.07. The third-order valence-electron chi connectivity index (χ3n) is 3.77. The van der Waals surface area contributed by atoms with Crippen LogP contribution in [0.25, 0.3) is 0 Å². The summed E-state index contributed by atoms with van der Waals surface area (Å²) in [7, 11) is 0. The van der Waals surface area contributed by atoms with E-state index in [1.54, 1.807) is 11.3 Å². The van der Waals surface area contributed by atoms with Crippen LogP contribution in [0.5, 0.6) is 0 Å². The summed E-state index contributed by atoms with van der Waals surface area (Å²) >= 11 is 1.69. The van der Waals surface area contributed by atoms with Crippen molar-refractivity contribution in [3.05, 3.63) is 94.2 Å². The molecule has 0 unspecified atom stereocenters. The third-order valence-corrected chi connectivity index (χ3v) is 4.67. The van der Waals surface area contributed by atoms with Gasteiger partial charge in [-0.2, -0.15) is 5.26 Å². The first-order valence-corrected chi connectivity index (χ1v) is 8.52. The van der Waals surface area contributed by atoms with Crippen molar-refractivity contribution in [1.29, 1.82) is 5.26 Å². The highest BCUT2D eigenvalue weighted by molar-refractivity contribution is 7.09. The van der Waals surface area contributed by atoms with Crippen LogP contribution in [0.3, 0.4) is 0 Å². The minimum Gasteiger partial charge on any atom is -0.291 e. The number of nitriles is 1. The highest BCUT2D eigenvalue weighted by Crippen LogP contribution is 2.23. The molecule has 3 heteroatoms. The Morgan fingerprint density at radius 1 is 0.870 bits per heavy atom. The second-order valence-corrected chi connectivity index (χ2v) is 6.42. The van der Waals surface area contributed by atoms with Crippen molar-refractivity contribution in [2.75, 3.05) is 0 Å². The van der Waals surface area contributed by atoms with Crippen molar-refractivity contribution in [2.24, 2.45) is 0 Å². The van der Waals surface area contributed by atoms with Crippen LogP contribution in [0.15, 0.2) is 78.2 Å². The maximum Gasteiger partial charge on any atom is 0.101 e. The van der Waals surface area contributed by atoms with Crippen LogP contribution in [0.1, 0.15) is 22.0 Å². The van der Waals surface area contributed by atoms with Gasteiger partial charge in [0, 0.05) is 11.3 Å². The van der Waals surface area contributed by atoms with Crippen molar-refractivity contribution in [3.63, 3.8) is 0 Å². The summed E-state index contributed by atoms with van der Waals surface area (Å²) in [5, 5.41) is 15.1. The zero-order valence-corrected chi connectivity index (χ0v) is 13.5. The van der Waals surface area contributed by atoms with E-state index in [0.29, 0.717) is 0 Å². The molecule has 0 bridgehead atoms. The summed E-state index contributed by atoms with van der Waals surface area (Å²) in [6.07, 6.45) is 0.727. The predicted octanol–water partition coefficient (Wildman–Crippen LogP) is 4.56. The lowest BCUT2D eigenvalue weighted by Crippen LogP contribution is -2.34. The molecule has 114 valence electrons. The van der Waals surface area contributed by atoms with Gasteiger partial charge < -0.3 is 0 Å². The van der Waals surface area contributed by atoms with Crippen LogP contribution in [0, 0.1) is 11.3 Å². The molecule has 3 aromatic rings. The van der Waals surface area contributed by atoms with Crippen LogP contribution in [-0.4, -0.2) is 6.04 Å². The van der Waals surface area contributed by atoms with Gasteiger partial charge in [-0.3, -0.25) is 5.32 Å². The first kappa shape index (κ1) is 15.5. The summed E-state index contributed by atoms with van der Waals surface area (Å²) in [6.45, 7) is 0. The zero-order chi connectivity index (χ0) is 15.9. The van der Waals surface area contributed by atoms with Gasteiger partial charge in [-0.25, -0.2) is 0 Å². The number of rotatable bonds is 6. The minimum atomic E-state index is -0.223. The van der Waals surface area contributed by atoms with Gasteiger partial charge >= 0.3 is 0 Å². The Morgan fingerprint density at radius 2 is 1.48 bits per heavy atom. The molecule has 2 nitrogen and oxygen atoms in total. The number of nitrogens with zero attached hydrogens (tertiary/aromatic N) is 1. The van der Waals surface area contributed by atoms with E-state index in [4.69, 9.17) is 0 Å². The van der Waals surface area contributed by atoms with Gasteiger partial charge in [0.1, 0.15) is 6.04 Å². The Morgan fingerprint density at radius 3 is 1.96 bits per heavy atom. The lowest BCUT2D eigenvalue weighted by atomic mass is 9.97. The van der Waals surface area contributed by atoms with Gasteiger partial charge in [0.25, 0.3) is 0 Å². The topological polar surface area (TPSA) is 35.8 Å². The van der Waals surface area contributed by atoms with Crippen LogP contribution < -0.4 is 5.32 Å². The molecule has 0 aliphatic carbocycles. The lowest BCUT2D eigenvalue weighted by molar-refractivity contribution is 0.541. The number of hydrogen-bond donors (Lipinski definition) is 1. The molecular formula is C20H18N2S. The van der Waals surface area contributed by atoms with Crippen molar-refractivity contribution < 1.29 is 0 Å². The molecule has 23 heavy (non-hydrogen) atoms. The SMILES string of the molecule is N#C[C@@H](Cc1cccs1)NC(c1ccccc1)c1ccccc1. The van der Waals surface area contributed by atoms with Gasteiger partial charge in [-0.1, -0.05) is 66.7 Å². The van der Waals surface area contributed by atoms with E-state index < -0.39 is 0 Å². The quantitative estimate of drug-likeness (QED) is 0.723. The molecule has 0 saturated carbocycles. The summed E-state index contributed by atoms with van der Waals surface area (Å²) < 4.78 is 0. The number of benzene rings is 2. The van der Waals surface area contributed by atoms with Gasteiger partial charge in [-0.05, 0) is 22.6 Å². The monoisotopic (exact) mass is 318 g/mol. The van der Waals surface area contributed by atoms with E-state index in [1.165, 1.54) is 16.0 Å². The normalized spacial score (nSPS) is 12.0. The largest absolute Gasteiger partial charge is 0.291 e. The Bertz CT molecular complexity index is 706. The maximum atomic E-state index is 9.56. The first-order chi connectivity index (χ1) is 11.4. The molecule has 1 atom stereocenters. The Labute approximate surface area is 141 Å². The second-order valence-electron chi connectivity index (χ2n) is 5.39. The van der Waals surface area contributed by atoms with Gasteiger partial charge in [0.2, 0.25) is 0 Å². The average molecular weight is 318 g/mol. The minimum absolute atomic E-state index is 0.0158. The lowest BCUT2D eigenvalue weighted by Gasteiger charge is -2.23.